The molecular formula is C16H20N2O5S. The molecule has 1 amide bonds. The minimum absolute atomic E-state index is 0.108. The first kappa shape index (κ1) is 18.0. The van der Waals surface area contributed by atoms with Crippen molar-refractivity contribution in [2.75, 3.05) is 19.9 Å². The Labute approximate surface area is 141 Å². The largest absolute Gasteiger partial charge is 0.484 e. The molecule has 7 nitrogen and oxygen atoms in total. The molecular weight excluding hydrogens is 332 g/mol. The third kappa shape index (κ3) is 5.71. The molecule has 2 rings (SSSR count). The van der Waals surface area contributed by atoms with Crippen LogP contribution < -0.4 is 10.1 Å². The number of nitrogens with zero attached hydrogens (tertiary/aromatic N) is 1. The van der Waals surface area contributed by atoms with Crippen molar-refractivity contribution in [1.29, 1.82) is 0 Å². The fourth-order valence-electron chi connectivity index (χ4n) is 1.86. The van der Waals surface area contributed by atoms with Crippen LogP contribution in [0.2, 0.25) is 0 Å². The highest BCUT2D eigenvalue weighted by Crippen LogP contribution is 2.14. The third-order valence-corrected chi connectivity index (χ3v) is 4.57. The molecule has 0 aliphatic carbocycles. The number of nitrogens with one attached hydrogen (secondary N) is 1. The molecule has 0 spiro atoms. The van der Waals surface area contributed by atoms with Crippen LogP contribution in [0.15, 0.2) is 47.1 Å². The van der Waals surface area contributed by atoms with E-state index in [4.69, 9.17) is 9.15 Å². The molecule has 1 heterocycles. The number of carbonyl (C=O) groups is 1. The molecule has 0 bridgehead atoms. The van der Waals surface area contributed by atoms with E-state index in [1.807, 2.05) is 0 Å². The Morgan fingerprint density at radius 1 is 1.25 bits per heavy atom. The zero-order valence-electron chi connectivity index (χ0n) is 13.6. The van der Waals surface area contributed by atoms with E-state index in [0.717, 1.165) is 11.8 Å². The van der Waals surface area contributed by atoms with Gasteiger partial charge in [0.05, 0.1) is 19.1 Å². The lowest BCUT2D eigenvalue weighted by Gasteiger charge is -2.14. The number of hydrogen-bond acceptors (Lipinski definition) is 5. The van der Waals surface area contributed by atoms with E-state index in [2.05, 4.69) is 5.32 Å². The predicted molar refractivity (Wildman–Crippen MR) is 88.8 cm³/mol. The number of amides is 1. The summed E-state index contributed by atoms with van der Waals surface area (Å²) in [6, 6.07) is 10.4. The van der Waals surface area contributed by atoms with Crippen molar-refractivity contribution in [3.8, 4) is 5.75 Å². The Morgan fingerprint density at radius 3 is 2.54 bits per heavy atom. The minimum atomic E-state index is -3.22. The van der Waals surface area contributed by atoms with E-state index in [9.17, 15) is 13.2 Å². The van der Waals surface area contributed by atoms with Gasteiger partial charge in [0.2, 0.25) is 10.0 Å². The average molecular weight is 352 g/mol. The summed E-state index contributed by atoms with van der Waals surface area (Å²) >= 11 is 0. The molecule has 0 saturated carbocycles. The summed E-state index contributed by atoms with van der Waals surface area (Å²) in [5.41, 5.74) is 0.831. The molecule has 0 atom stereocenters. The number of ether oxygens (including phenoxy) is 1. The number of rotatable bonds is 8. The maximum Gasteiger partial charge on any atom is 0.258 e. The first-order chi connectivity index (χ1) is 11.3. The van der Waals surface area contributed by atoms with Crippen molar-refractivity contribution >= 4 is 15.9 Å². The topological polar surface area (TPSA) is 88.8 Å². The molecule has 0 radical (unpaired) electrons. The highest BCUT2D eigenvalue weighted by Gasteiger charge is 2.11. The second-order valence-corrected chi connectivity index (χ2v) is 7.40. The Kier molecular flexibility index (Phi) is 5.99. The van der Waals surface area contributed by atoms with Crippen LogP contribution in [0.25, 0.3) is 0 Å². The van der Waals surface area contributed by atoms with Gasteiger partial charge in [-0.3, -0.25) is 4.79 Å². The molecule has 0 saturated heterocycles. The van der Waals surface area contributed by atoms with Crippen molar-refractivity contribution in [3.05, 3.63) is 54.0 Å². The number of furan rings is 1. The number of carbonyl (C=O) groups excluding carboxylic acids is 1. The molecule has 1 N–H and O–H groups in total. The van der Waals surface area contributed by atoms with Gasteiger partial charge in [0.1, 0.15) is 11.5 Å². The smallest absolute Gasteiger partial charge is 0.258 e. The highest BCUT2D eigenvalue weighted by molar-refractivity contribution is 7.88. The van der Waals surface area contributed by atoms with E-state index >= 15 is 0 Å². The lowest BCUT2D eigenvalue weighted by Crippen LogP contribution is -2.28. The summed E-state index contributed by atoms with van der Waals surface area (Å²) in [7, 11) is -1.70. The van der Waals surface area contributed by atoms with Crippen molar-refractivity contribution in [2.24, 2.45) is 0 Å². The molecule has 0 unspecified atom stereocenters. The second-order valence-electron chi connectivity index (χ2n) is 5.31. The molecule has 2 aromatic rings. The standard InChI is InChI=1S/C16H20N2O5S/c1-18(24(2,20)21)11-13-5-7-14(8-6-13)23-12-16(19)17-10-15-4-3-9-22-15/h3-9H,10-12H2,1-2H3,(H,17,19). The van der Waals surface area contributed by atoms with Crippen LogP contribution in [0.3, 0.4) is 0 Å². The molecule has 130 valence electrons. The Bertz CT molecular complexity index is 754. The van der Waals surface area contributed by atoms with Gasteiger partial charge in [-0.05, 0) is 29.8 Å². The minimum Gasteiger partial charge on any atom is -0.484 e. The Balaban J connectivity index is 1.78. The van der Waals surface area contributed by atoms with E-state index < -0.39 is 10.0 Å². The summed E-state index contributed by atoms with van der Waals surface area (Å²) in [5.74, 6) is 0.948. The summed E-state index contributed by atoms with van der Waals surface area (Å²) < 4.78 is 34.5. The van der Waals surface area contributed by atoms with Gasteiger partial charge in [0, 0.05) is 13.6 Å². The molecule has 0 aliphatic rings. The van der Waals surface area contributed by atoms with Crippen LogP contribution in [0.1, 0.15) is 11.3 Å². The van der Waals surface area contributed by atoms with Gasteiger partial charge in [-0.1, -0.05) is 12.1 Å². The highest BCUT2D eigenvalue weighted by atomic mass is 32.2. The first-order valence-corrected chi connectivity index (χ1v) is 9.11. The first-order valence-electron chi connectivity index (χ1n) is 7.27. The van der Waals surface area contributed by atoms with Crippen LogP contribution in [-0.4, -0.2) is 38.5 Å². The van der Waals surface area contributed by atoms with E-state index in [0.29, 0.717) is 18.1 Å². The van der Waals surface area contributed by atoms with E-state index in [1.54, 1.807) is 42.7 Å². The van der Waals surface area contributed by atoms with E-state index in [1.165, 1.54) is 11.4 Å². The van der Waals surface area contributed by atoms with Gasteiger partial charge in [-0.2, -0.15) is 0 Å². The second kappa shape index (κ2) is 7.98. The summed E-state index contributed by atoms with van der Waals surface area (Å²) in [5, 5.41) is 2.68. The van der Waals surface area contributed by atoms with Gasteiger partial charge in [0.25, 0.3) is 5.91 Å². The summed E-state index contributed by atoms with van der Waals surface area (Å²) in [6.45, 7) is 0.484. The molecule has 1 aromatic carbocycles. The SMILES string of the molecule is CN(Cc1ccc(OCC(=O)NCc2ccco2)cc1)S(C)(=O)=O. The molecule has 1 aromatic heterocycles. The summed E-state index contributed by atoms with van der Waals surface area (Å²) in [4.78, 5) is 11.7. The van der Waals surface area contributed by atoms with Gasteiger partial charge >= 0.3 is 0 Å². The lowest BCUT2D eigenvalue weighted by atomic mass is 10.2. The van der Waals surface area contributed by atoms with Gasteiger partial charge in [-0.25, -0.2) is 12.7 Å². The number of sulfonamides is 1. The fraction of sp³-hybridized carbons (Fsp3) is 0.312. The maximum atomic E-state index is 11.7. The number of hydrogen-bond donors (Lipinski definition) is 1. The maximum absolute atomic E-state index is 11.7. The predicted octanol–water partition coefficient (Wildman–Crippen LogP) is 1.37. The van der Waals surface area contributed by atoms with Gasteiger partial charge < -0.3 is 14.5 Å². The normalized spacial score (nSPS) is 11.5. The van der Waals surface area contributed by atoms with Crippen molar-refractivity contribution in [1.82, 2.24) is 9.62 Å². The Morgan fingerprint density at radius 2 is 1.96 bits per heavy atom. The molecule has 8 heteroatoms. The van der Waals surface area contributed by atoms with Crippen molar-refractivity contribution < 1.29 is 22.4 Å². The zero-order valence-corrected chi connectivity index (χ0v) is 14.4. The zero-order chi connectivity index (χ0) is 17.6. The average Bonchev–Trinajstić information content (AvgIpc) is 3.04. The van der Waals surface area contributed by atoms with Crippen LogP contribution in [-0.2, 0) is 27.9 Å². The van der Waals surface area contributed by atoms with Crippen molar-refractivity contribution in [2.45, 2.75) is 13.1 Å². The monoisotopic (exact) mass is 352 g/mol. The van der Waals surface area contributed by atoms with Crippen molar-refractivity contribution in [3.63, 3.8) is 0 Å². The number of benzene rings is 1. The lowest BCUT2D eigenvalue weighted by molar-refractivity contribution is -0.123. The fourth-order valence-corrected chi connectivity index (χ4v) is 2.25. The third-order valence-electron chi connectivity index (χ3n) is 3.30. The van der Waals surface area contributed by atoms with Crippen LogP contribution >= 0.6 is 0 Å². The molecule has 0 aliphatic heterocycles. The van der Waals surface area contributed by atoms with Crippen LogP contribution in [0, 0.1) is 0 Å². The van der Waals surface area contributed by atoms with Gasteiger partial charge in [-0.15, -0.1) is 0 Å². The quantitative estimate of drug-likeness (QED) is 0.775. The van der Waals surface area contributed by atoms with Gasteiger partial charge in [0.15, 0.2) is 6.61 Å². The van der Waals surface area contributed by atoms with Crippen LogP contribution in [0.4, 0.5) is 0 Å². The molecule has 24 heavy (non-hydrogen) atoms. The van der Waals surface area contributed by atoms with E-state index in [-0.39, 0.29) is 19.1 Å². The Hall–Kier alpha value is -2.32. The van der Waals surface area contributed by atoms with Crippen LogP contribution in [0.5, 0.6) is 5.75 Å². The molecule has 0 fully saturated rings. The summed E-state index contributed by atoms with van der Waals surface area (Å²) in [6.07, 6.45) is 2.70.